The number of nitrogens with two attached hydrogens (primary N) is 1. The average Bonchev–Trinajstić information content (AvgIpc) is 2.49. The summed E-state index contributed by atoms with van der Waals surface area (Å²) in [4.78, 5) is 16.9. The van der Waals surface area contributed by atoms with E-state index in [-0.39, 0.29) is 11.8 Å². The number of carbonyl (C=O) groups is 1. The van der Waals surface area contributed by atoms with Crippen LogP contribution in [0.1, 0.15) is 24.3 Å². The molecule has 20 heavy (non-hydrogen) atoms. The van der Waals surface area contributed by atoms with E-state index in [0.29, 0.717) is 12.6 Å². The summed E-state index contributed by atoms with van der Waals surface area (Å²) in [7, 11) is 4.16. The first-order chi connectivity index (χ1) is 9.63. The van der Waals surface area contributed by atoms with Gasteiger partial charge in [-0.25, -0.2) is 0 Å². The molecule has 1 saturated heterocycles. The number of hydrogen-bond acceptors (Lipinski definition) is 3. The zero-order valence-corrected chi connectivity index (χ0v) is 12.5. The molecule has 4 nitrogen and oxygen atoms in total. The summed E-state index contributed by atoms with van der Waals surface area (Å²) >= 11 is 0. The zero-order chi connectivity index (χ0) is 14.5. The second-order valence-corrected chi connectivity index (χ2v) is 5.74. The van der Waals surface area contributed by atoms with Gasteiger partial charge in [0.05, 0.1) is 5.92 Å². The van der Waals surface area contributed by atoms with Crippen molar-refractivity contribution in [2.75, 3.05) is 33.7 Å². The van der Waals surface area contributed by atoms with Gasteiger partial charge in [-0.15, -0.1) is 0 Å². The van der Waals surface area contributed by atoms with Crippen molar-refractivity contribution in [2.45, 2.75) is 24.8 Å². The summed E-state index contributed by atoms with van der Waals surface area (Å²) in [6, 6.07) is 10.3. The topological polar surface area (TPSA) is 49.6 Å². The highest BCUT2D eigenvalue weighted by Crippen LogP contribution is 2.21. The maximum Gasteiger partial charge on any atom is 0.231 e. The fourth-order valence-electron chi connectivity index (χ4n) is 2.86. The molecule has 0 aliphatic carbocycles. The van der Waals surface area contributed by atoms with Crippen LogP contribution in [0.25, 0.3) is 0 Å². The van der Waals surface area contributed by atoms with Crippen LogP contribution < -0.4 is 5.73 Å². The van der Waals surface area contributed by atoms with Gasteiger partial charge in [-0.1, -0.05) is 30.3 Å². The van der Waals surface area contributed by atoms with Crippen molar-refractivity contribution in [1.29, 1.82) is 0 Å². The van der Waals surface area contributed by atoms with E-state index in [1.54, 1.807) is 0 Å². The lowest BCUT2D eigenvalue weighted by Gasteiger charge is -2.37. The first-order valence-electron chi connectivity index (χ1n) is 7.33. The van der Waals surface area contributed by atoms with Crippen LogP contribution in [-0.4, -0.2) is 55.5 Å². The Morgan fingerprint density at radius 1 is 1.40 bits per heavy atom. The number of rotatable bonds is 4. The number of likely N-dealkylation sites (tertiary alicyclic amines) is 1. The van der Waals surface area contributed by atoms with Gasteiger partial charge in [0.1, 0.15) is 0 Å². The number of carbonyl (C=O) groups excluding carboxylic acids is 1. The first kappa shape index (κ1) is 15.0. The molecule has 4 heteroatoms. The lowest BCUT2D eigenvalue weighted by molar-refractivity contribution is -0.134. The van der Waals surface area contributed by atoms with Crippen molar-refractivity contribution >= 4 is 5.91 Å². The summed E-state index contributed by atoms with van der Waals surface area (Å²) in [5.41, 5.74) is 6.87. The van der Waals surface area contributed by atoms with Gasteiger partial charge in [-0.05, 0) is 32.5 Å². The predicted molar refractivity (Wildman–Crippen MR) is 81.5 cm³/mol. The van der Waals surface area contributed by atoms with Gasteiger partial charge in [-0.2, -0.15) is 0 Å². The quantitative estimate of drug-likeness (QED) is 0.900. The first-order valence-corrected chi connectivity index (χ1v) is 7.33. The maximum absolute atomic E-state index is 12.7. The fourth-order valence-corrected chi connectivity index (χ4v) is 2.86. The zero-order valence-electron chi connectivity index (χ0n) is 12.5. The van der Waals surface area contributed by atoms with E-state index in [1.807, 2.05) is 35.2 Å². The van der Waals surface area contributed by atoms with Crippen molar-refractivity contribution in [1.82, 2.24) is 9.80 Å². The minimum atomic E-state index is -0.211. The molecule has 1 fully saturated rings. The second kappa shape index (κ2) is 6.86. The molecule has 0 saturated carbocycles. The molecule has 1 amide bonds. The van der Waals surface area contributed by atoms with Gasteiger partial charge in [0, 0.05) is 25.7 Å². The Balaban J connectivity index is 2.09. The normalized spacial score (nSPS) is 21.0. The molecule has 2 rings (SSSR count). The van der Waals surface area contributed by atoms with Gasteiger partial charge in [0.15, 0.2) is 0 Å². The smallest absolute Gasteiger partial charge is 0.231 e. The third-order valence-corrected chi connectivity index (χ3v) is 4.17. The minimum Gasteiger partial charge on any atom is -0.341 e. The highest BCUT2D eigenvalue weighted by molar-refractivity contribution is 5.84. The van der Waals surface area contributed by atoms with E-state index < -0.39 is 0 Å². The van der Waals surface area contributed by atoms with E-state index in [2.05, 4.69) is 19.0 Å². The number of piperidine rings is 1. The Morgan fingerprint density at radius 2 is 2.10 bits per heavy atom. The fraction of sp³-hybridized carbons (Fsp3) is 0.562. The van der Waals surface area contributed by atoms with Crippen molar-refractivity contribution in [3.8, 4) is 0 Å². The SMILES string of the molecule is CN(C)C1CCCN(C(=O)C(CN)c2ccccc2)C1. The molecule has 1 aromatic rings. The molecule has 2 atom stereocenters. The van der Waals surface area contributed by atoms with Crippen LogP contribution in [0.5, 0.6) is 0 Å². The molecule has 1 aliphatic heterocycles. The lowest BCUT2D eigenvalue weighted by atomic mass is 9.95. The van der Waals surface area contributed by atoms with E-state index in [4.69, 9.17) is 5.73 Å². The standard InChI is InChI=1S/C16H25N3O/c1-18(2)14-9-6-10-19(12-14)16(20)15(11-17)13-7-4-3-5-8-13/h3-5,7-8,14-15H,6,9-12,17H2,1-2H3. The van der Waals surface area contributed by atoms with Crippen LogP contribution in [0.3, 0.4) is 0 Å². The highest BCUT2D eigenvalue weighted by Gasteiger charge is 2.29. The molecule has 2 unspecified atom stereocenters. The Kier molecular flexibility index (Phi) is 5.15. The molecular weight excluding hydrogens is 250 g/mol. The number of benzene rings is 1. The van der Waals surface area contributed by atoms with Crippen molar-refractivity contribution < 1.29 is 4.79 Å². The molecule has 1 aliphatic rings. The van der Waals surface area contributed by atoms with E-state index >= 15 is 0 Å². The summed E-state index contributed by atoms with van der Waals surface area (Å²) in [5.74, 6) is -0.0395. The number of likely N-dealkylation sites (N-methyl/N-ethyl adjacent to an activating group) is 1. The summed E-state index contributed by atoms with van der Waals surface area (Å²) < 4.78 is 0. The van der Waals surface area contributed by atoms with Crippen molar-refractivity contribution in [2.24, 2.45) is 5.73 Å². The lowest BCUT2D eigenvalue weighted by Crippen LogP contribution is -2.49. The Bertz CT molecular complexity index is 433. The third kappa shape index (κ3) is 3.38. The molecule has 0 aromatic heterocycles. The molecule has 0 radical (unpaired) electrons. The number of hydrogen-bond donors (Lipinski definition) is 1. The summed E-state index contributed by atoms with van der Waals surface area (Å²) in [6.45, 7) is 2.04. The van der Waals surface area contributed by atoms with Crippen LogP contribution >= 0.6 is 0 Å². The van der Waals surface area contributed by atoms with E-state index in [0.717, 1.165) is 31.5 Å². The molecule has 110 valence electrons. The number of nitrogens with zero attached hydrogens (tertiary/aromatic N) is 2. The van der Waals surface area contributed by atoms with Crippen LogP contribution in [0.4, 0.5) is 0 Å². The molecule has 1 aromatic carbocycles. The van der Waals surface area contributed by atoms with Gasteiger partial charge in [0.2, 0.25) is 5.91 Å². The van der Waals surface area contributed by atoms with Crippen LogP contribution in [0, 0.1) is 0 Å². The Hall–Kier alpha value is -1.39. The number of amides is 1. The van der Waals surface area contributed by atoms with Gasteiger partial charge in [0.25, 0.3) is 0 Å². The average molecular weight is 275 g/mol. The Labute approximate surface area is 121 Å². The molecule has 1 heterocycles. The van der Waals surface area contributed by atoms with Crippen molar-refractivity contribution in [3.05, 3.63) is 35.9 Å². The second-order valence-electron chi connectivity index (χ2n) is 5.74. The van der Waals surface area contributed by atoms with E-state index in [9.17, 15) is 4.79 Å². The van der Waals surface area contributed by atoms with Crippen LogP contribution in [0.15, 0.2) is 30.3 Å². The van der Waals surface area contributed by atoms with Crippen LogP contribution in [0.2, 0.25) is 0 Å². The Morgan fingerprint density at radius 3 is 2.70 bits per heavy atom. The van der Waals surface area contributed by atoms with Gasteiger partial charge >= 0.3 is 0 Å². The van der Waals surface area contributed by atoms with Gasteiger partial charge in [-0.3, -0.25) is 4.79 Å². The molecule has 0 spiro atoms. The summed E-state index contributed by atoms with van der Waals surface area (Å²) in [5, 5.41) is 0. The predicted octanol–water partition coefficient (Wildman–Crippen LogP) is 1.28. The largest absolute Gasteiger partial charge is 0.341 e. The van der Waals surface area contributed by atoms with E-state index in [1.165, 1.54) is 0 Å². The maximum atomic E-state index is 12.7. The van der Waals surface area contributed by atoms with Crippen LogP contribution in [-0.2, 0) is 4.79 Å². The highest BCUT2D eigenvalue weighted by atomic mass is 16.2. The molecular formula is C16H25N3O. The molecule has 0 bridgehead atoms. The third-order valence-electron chi connectivity index (χ3n) is 4.17. The monoisotopic (exact) mass is 275 g/mol. The minimum absolute atomic E-state index is 0.172. The van der Waals surface area contributed by atoms with Crippen molar-refractivity contribution in [3.63, 3.8) is 0 Å². The molecule has 2 N–H and O–H groups in total. The van der Waals surface area contributed by atoms with Gasteiger partial charge < -0.3 is 15.5 Å². The summed E-state index contributed by atoms with van der Waals surface area (Å²) in [6.07, 6.45) is 2.23.